The Balaban J connectivity index is 2.81. The van der Waals surface area contributed by atoms with Gasteiger partial charge in [0, 0.05) is 23.1 Å². The molecule has 0 saturated carbocycles. The zero-order valence-electron chi connectivity index (χ0n) is 7.19. The first-order valence-corrected chi connectivity index (χ1v) is 6.90. The largest absolute Gasteiger partial charge is 0.270 e. The molecule has 0 N–H and O–H groups in total. The summed E-state index contributed by atoms with van der Waals surface area (Å²) < 4.78 is 23.1. The van der Waals surface area contributed by atoms with Gasteiger partial charge in [-0.25, -0.2) is 8.42 Å². The van der Waals surface area contributed by atoms with Crippen molar-refractivity contribution in [3.05, 3.63) is 24.0 Å². The monoisotopic (exact) mass is 247 g/mol. The number of thiophene rings is 1. The van der Waals surface area contributed by atoms with Crippen LogP contribution >= 0.6 is 22.0 Å². The van der Waals surface area contributed by atoms with Crippen LogP contribution in [0.2, 0.25) is 0 Å². The van der Waals surface area contributed by atoms with Crippen LogP contribution < -0.4 is 0 Å². The maximum atomic E-state index is 11.1. The van der Waals surface area contributed by atoms with Crippen LogP contribution in [0.5, 0.6) is 0 Å². The van der Waals surface area contributed by atoms with E-state index in [9.17, 15) is 8.42 Å². The number of pyridine rings is 1. The minimum Gasteiger partial charge on any atom is -0.263 e. The number of hydrogen-bond acceptors (Lipinski definition) is 4. The maximum absolute atomic E-state index is 11.1. The van der Waals surface area contributed by atoms with E-state index in [-0.39, 0.29) is 4.21 Å². The molecule has 2 heterocycles. The Kier molecular flexibility index (Phi) is 2.25. The van der Waals surface area contributed by atoms with E-state index in [4.69, 9.17) is 10.7 Å². The molecular formula is C8H6ClNO2S2. The molecule has 3 nitrogen and oxygen atoms in total. The molecule has 0 bridgehead atoms. The van der Waals surface area contributed by atoms with Crippen LogP contribution in [-0.2, 0) is 9.05 Å². The van der Waals surface area contributed by atoms with Crippen molar-refractivity contribution in [1.29, 1.82) is 0 Å². The Morgan fingerprint density at radius 2 is 2.14 bits per heavy atom. The predicted octanol–water partition coefficient (Wildman–Crippen LogP) is 2.53. The highest BCUT2D eigenvalue weighted by atomic mass is 35.7. The number of halogens is 1. The summed E-state index contributed by atoms with van der Waals surface area (Å²) >= 11 is 1.14. The van der Waals surface area contributed by atoms with Crippen LogP contribution in [0.25, 0.3) is 10.1 Å². The van der Waals surface area contributed by atoms with Crippen LogP contribution in [0.15, 0.2) is 22.7 Å². The third-order valence-corrected chi connectivity index (χ3v) is 5.01. The van der Waals surface area contributed by atoms with Crippen molar-refractivity contribution >= 4 is 41.2 Å². The Labute approximate surface area is 89.8 Å². The first-order chi connectivity index (χ1) is 6.48. The molecule has 0 aliphatic rings. The molecule has 0 aliphatic heterocycles. The summed E-state index contributed by atoms with van der Waals surface area (Å²) in [5.41, 5.74) is 0.949. The molecule has 0 aliphatic carbocycles. The molecule has 0 unspecified atom stereocenters. The van der Waals surface area contributed by atoms with Crippen LogP contribution in [0.1, 0.15) is 5.56 Å². The van der Waals surface area contributed by atoms with Crippen LogP contribution in [0.3, 0.4) is 0 Å². The summed E-state index contributed by atoms with van der Waals surface area (Å²) in [5.74, 6) is 0. The molecule has 74 valence electrons. The van der Waals surface area contributed by atoms with Crippen molar-refractivity contribution < 1.29 is 8.42 Å². The Morgan fingerprint density at radius 1 is 1.43 bits per heavy atom. The van der Waals surface area contributed by atoms with Gasteiger partial charge in [0.1, 0.15) is 4.21 Å². The van der Waals surface area contributed by atoms with E-state index in [2.05, 4.69) is 4.98 Å². The summed E-state index contributed by atoms with van der Waals surface area (Å²) in [5, 5.41) is 0.893. The summed E-state index contributed by atoms with van der Waals surface area (Å²) in [4.78, 5) is 3.98. The van der Waals surface area contributed by atoms with Crippen LogP contribution in [0, 0.1) is 6.92 Å². The van der Waals surface area contributed by atoms with Crippen molar-refractivity contribution in [2.24, 2.45) is 0 Å². The second-order valence-electron chi connectivity index (χ2n) is 2.87. The number of fused-ring (bicyclic) bond motifs is 1. The zero-order chi connectivity index (χ0) is 10.3. The van der Waals surface area contributed by atoms with Crippen molar-refractivity contribution in [3.63, 3.8) is 0 Å². The third kappa shape index (κ3) is 1.63. The number of nitrogens with zero attached hydrogens (tertiary/aromatic N) is 1. The van der Waals surface area contributed by atoms with Crippen molar-refractivity contribution in [3.8, 4) is 0 Å². The minimum absolute atomic E-state index is 0.172. The van der Waals surface area contributed by atoms with E-state index in [1.54, 1.807) is 18.5 Å². The fraction of sp³-hybridized carbons (Fsp3) is 0.125. The van der Waals surface area contributed by atoms with Crippen LogP contribution in [0.4, 0.5) is 0 Å². The second kappa shape index (κ2) is 3.18. The predicted molar refractivity (Wildman–Crippen MR) is 57.4 cm³/mol. The van der Waals surface area contributed by atoms with Gasteiger partial charge >= 0.3 is 0 Å². The van der Waals surface area contributed by atoms with Gasteiger partial charge in [-0.1, -0.05) is 0 Å². The Bertz CT molecular complexity index is 588. The molecule has 2 aromatic rings. The lowest BCUT2D eigenvalue weighted by Crippen LogP contribution is -1.83. The third-order valence-electron chi connectivity index (χ3n) is 1.86. The quantitative estimate of drug-likeness (QED) is 0.728. The molecule has 6 heteroatoms. The molecule has 0 amide bonds. The zero-order valence-corrected chi connectivity index (χ0v) is 9.58. The lowest BCUT2D eigenvalue weighted by molar-refractivity contribution is 0.611. The highest BCUT2D eigenvalue weighted by Crippen LogP contribution is 2.31. The molecule has 0 atom stereocenters. The van der Waals surface area contributed by atoms with Gasteiger partial charge in [0.15, 0.2) is 0 Å². The van der Waals surface area contributed by atoms with Gasteiger partial charge in [-0.15, -0.1) is 11.3 Å². The SMILES string of the molecule is Cc1cncc2sc(S(=O)(=O)Cl)cc12. The topological polar surface area (TPSA) is 47.0 Å². The van der Waals surface area contributed by atoms with Gasteiger partial charge in [0.25, 0.3) is 9.05 Å². The van der Waals surface area contributed by atoms with Gasteiger partial charge in [-0.2, -0.15) is 0 Å². The van der Waals surface area contributed by atoms with Gasteiger partial charge in [-0.3, -0.25) is 4.98 Å². The molecule has 2 rings (SSSR count). The van der Waals surface area contributed by atoms with E-state index in [1.807, 2.05) is 6.92 Å². The highest BCUT2D eigenvalue weighted by Gasteiger charge is 2.14. The van der Waals surface area contributed by atoms with Crippen molar-refractivity contribution in [2.45, 2.75) is 11.1 Å². The average Bonchev–Trinajstić information content (AvgIpc) is 2.48. The van der Waals surface area contributed by atoms with Gasteiger partial charge < -0.3 is 0 Å². The number of aryl methyl sites for hydroxylation is 1. The Morgan fingerprint density at radius 3 is 2.71 bits per heavy atom. The molecule has 0 radical (unpaired) electrons. The van der Waals surface area contributed by atoms with Crippen molar-refractivity contribution in [2.75, 3.05) is 0 Å². The normalized spacial score (nSPS) is 12.1. The summed E-state index contributed by atoms with van der Waals surface area (Å²) in [6.45, 7) is 1.88. The molecule has 2 aromatic heterocycles. The van der Waals surface area contributed by atoms with Gasteiger partial charge in [0.2, 0.25) is 0 Å². The average molecular weight is 248 g/mol. The van der Waals surface area contributed by atoms with Gasteiger partial charge in [-0.05, 0) is 23.9 Å². The highest BCUT2D eigenvalue weighted by molar-refractivity contribution is 8.15. The molecule has 0 aromatic carbocycles. The maximum Gasteiger partial charge on any atom is 0.270 e. The van der Waals surface area contributed by atoms with E-state index >= 15 is 0 Å². The first-order valence-electron chi connectivity index (χ1n) is 3.77. The lowest BCUT2D eigenvalue weighted by atomic mass is 10.2. The van der Waals surface area contributed by atoms with E-state index in [0.29, 0.717) is 0 Å². The lowest BCUT2D eigenvalue weighted by Gasteiger charge is -1.90. The summed E-state index contributed by atoms with van der Waals surface area (Å²) in [6, 6.07) is 1.58. The van der Waals surface area contributed by atoms with Gasteiger partial charge in [0.05, 0.1) is 4.70 Å². The molecule has 0 spiro atoms. The van der Waals surface area contributed by atoms with E-state index in [0.717, 1.165) is 27.0 Å². The fourth-order valence-corrected chi connectivity index (χ4v) is 3.37. The van der Waals surface area contributed by atoms with E-state index < -0.39 is 9.05 Å². The number of rotatable bonds is 1. The smallest absolute Gasteiger partial charge is 0.263 e. The summed E-state index contributed by atoms with van der Waals surface area (Å²) in [6.07, 6.45) is 3.33. The second-order valence-corrected chi connectivity index (χ2v) is 6.75. The molecular weight excluding hydrogens is 242 g/mol. The summed E-state index contributed by atoms with van der Waals surface area (Å²) in [7, 11) is 1.63. The molecule has 14 heavy (non-hydrogen) atoms. The Hall–Kier alpha value is -0.650. The molecule has 0 fully saturated rings. The molecule has 0 saturated heterocycles. The van der Waals surface area contributed by atoms with E-state index in [1.165, 1.54) is 0 Å². The van der Waals surface area contributed by atoms with Crippen molar-refractivity contribution in [1.82, 2.24) is 4.98 Å². The fourth-order valence-electron chi connectivity index (χ4n) is 1.19. The number of hydrogen-bond donors (Lipinski definition) is 0. The number of aromatic nitrogens is 1. The standard InChI is InChI=1S/C8H6ClNO2S2/c1-5-3-10-4-7-6(5)2-8(13-7)14(9,11)12/h2-4H,1H3. The van der Waals surface area contributed by atoms with Crippen LogP contribution in [-0.4, -0.2) is 13.4 Å². The first kappa shape index (κ1) is 9.89. The minimum atomic E-state index is -3.62.